The van der Waals surface area contributed by atoms with Crippen molar-refractivity contribution in [3.8, 4) is 17.2 Å². The maximum atomic E-state index is 12.4. The van der Waals surface area contributed by atoms with Gasteiger partial charge in [-0.1, -0.05) is 17.7 Å². The highest BCUT2D eigenvalue weighted by Gasteiger charge is 2.32. The molecule has 0 aliphatic carbocycles. The summed E-state index contributed by atoms with van der Waals surface area (Å²) < 4.78 is 16.7. The van der Waals surface area contributed by atoms with Crippen molar-refractivity contribution in [1.82, 2.24) is 16.1 Å². The van der Waals surface area contributed by atoms with Gasteiger partial charge in [-0.3, -0.25) is 5.43 Å². The zero-order valence-electron chi connectivity index (χ0n) is 20.2. The van der Waals surface area contributed by atoms with Gasteiger partial charge in [-0.05, 0) is 65.2 Å². The molecular weight excluding hydrogens is 572 g/mol. The first-order chi connectivity index (χ1) is 17.6. The second-order valence-electron chi connectivity index (χ2n) is 7.75. The van der Waals surface area contributed by atoms with Crippen molar-refractivity contribution in [3.05, 3.63) is 62.2 Å². The van der Waals surface area contributed by atoms with Crippen molar-refractivity contribution in [2.75, 3.05) is 20.3 Å². The number of aliphatic hydroxyl groups is 1. The zero-order chi connectivity index (χ0) is 27.1. The summed E-state index contributed by atoms with van der Waals surface area (Å²) in [5.41, 5.74) is 4.34. The van der Waals surface area contributed by atoms with Gasteiger partial charge in [-0.15, -0.1) is 0 Å². The molecule has 13 heteroatoms. The Morgan fingerprint density at radius 1 is 1.30 bits per heavy atom. The molecule has 0 unspecified atom stereocenters. The van der Waals surface area contributed by atoms with Crippen LogP contribution >= 0.6 is 27.5 Å². The number of carbonyl (C=O) groups excluding carboxylic acids is 2. The topological polar surface area (TPSA) is 151 Å². The smallest absolute Gasteiger partial charge is 0.337 e. The second-order valence-corrected chi connectivity index (χ2v) is 9.01. The summed E-state index contributed by atoms with van der Waals surface area (Å²) in [7, 11) is 1.26. The van der Waals surface area contributed by atoms with Gasteiger partial charge in [-0.25, -0.2) is 9.59 Å². The van der Waals surface area contributed by atoms with E-state index in [4.69, 9.17) is 25.8 Å². The molecule has 0 fully saturated rings. The van der Waals surface area contributed by atoms with E-state index in [9.17, 15) is 19.8 Å². The van der Waals surface area contributed by atoms with E-state index in [2.05, 4.69) is 37.1 Å². The molecule has 3 rings (SSSR count). The Kier molecular flexibility index (Phi) is 9.61. The van der Waals surface area contributed by atoms with E-state index >= 15 is 0 Å². The molecule has 1 aliphatic heterocycles. The van der Waals surface area contributed by atoms with Gasteiger partial charge < -0.3 is 35.1 Å². The van der Waals surface area contributed by atoms with Crippen LogP contribution in [-0.4, -0.2) is 55.0 Å². The number of aromatic hydroxyl groups is 1. The number of allylic oxidation sites excluding steroid dienone is 1. The molecule has 1 heterocycles. The monoisotopic (exact) mass is 596 g/mol. The molecule has 2 amide bonds. The number of phenols is 1. The van der Waals surface area contributed by atoms with Gasteiger partial charge in [0.15, 0.2) is 17.7 Å². The third-order valence-electron chi connectivity index (χ3n) is 5.15. The first kappa shape index (κ1) is 28.1. The number of halogens is 2. The number of esters is 1. The number of amides is 2. The van der Waals surface area contributed by atoms with Crippen LogP contribution in [0.3, 0.4) is 0 Å². The third-order valence-corrected chi connectivity index (χ3v) is 6.04. The van der Waals surface area contributed by atoms with Gasteiger partial charge in [0.2, 0.25) is 0 Å². The molecule has 5 N–H and O–H groups in total. The number of nitrogens with one attached hydrogen (secondary N) is 3. The van der Waals surface area contributed by atoms with E-state index in [0.717, 1.165) is 0 Å². The maximum Gasteiger partial charge on any atom is 0.337 e. The molecule has 2 aromatic carbocycles. The standard InChI is InChI=1S/C24H26BrClN4O7/c1-4-36-18-9-14(21-20(23(33)35-3)12(2)28-24(34)29-21)5-6-17(18)37-11-19(31)30-27-10-13-7-15(25)22(32)16(26)8-13/h5-10,19,21,30-32H,4,11H2,1-3H3,(H2,28,29,34)/b27-10-/t19-,21-/m1/s1. The summed E-state index contributed by atoms with van der Waals surface area (Å²) in [6.07, 6.45) is 0.253. The van der Waals surface area contributed by atoms with Crippen LogP contribution in [0.4, 0.5) is 4.79 Å². The molecule has 198 valence electrons. The number of urea groups is 1. The van der Waals surface area contributed by atoms with Gasteiger partial charge >= 0.3 is 12.0 Å². The van der Waals surface area contributed by atoms with E-state index in [-0.39, 0.29) is 23.0 Å². The molecular formula is C24H26BrClN4O7. The van der Waals surface area contributed by atoms with Crippen molar-refractivity contribution in [1.29, 1.82) is 0 Å². The van der Waals surface area contributed by atoms with E-state index in [1.54, 1.807) is 38.1 Å². The van der Waals surface area contributed by atoms with Crippen LogP contribution in [0.2, 0.25) is 5.02 Å². The summed E-state index contributed by atoms with van der Waals surface area (Å²) >= 11 is 9.12. The first-order valence-corrected chi connectivity index (χ1v) is 12.2. The highest BCUT2D eigenvalue weighted by Crippen LogP contribution is 2.35. The van der Waals surface area contributed by atoms with Crippen molar-refractivity contribution >= 4 is 45.7 Å². The van der Waals surface area contributed by atoms with Gasteiger partial charge in [0.25, 0.3) is 0 Å². The lowest BCUT2D eigenvalue weighted by molar-refractivity contribution is -0.136. The molecule has 1 aliphatic rings. The number of benzene rings is 2. The number of hydrogen-bond acceptors (Lipinski definition) is 9. The van der Waals surface area contributed by atoms with Crippen molar-refractivity contribution in [3.63, 3.8) is 0 Å². The van der Waals surface area contributed by atoms with Crippen LogP contribution < -0.4 is 25.5 Å². The molecule has 0 saturated heterocycles. The van der Waals surface area contributed by atoms with E-state index < -0.39 is 24.3 Å². The lowest BCUT2D eigenvalue weighted by Gasteiger charge is -2.28. The summed E-state index contributed by atoms with van der Waals surface area (Å²) in [6.45, 7) is 3.57. The minimum absolute atomic E-state index is 0.0773. The highest BCUT2D eigenvalue weighted by atomic mass is 79.9. The molecule has 0 radical (unpaired) electrons. The number of hydrogen-bond donors (Lipinski definition) is 5. The minimum atomic E-state index is -1.17. The summed E-state index contributed by atoms with van der Waals surface area (Å²) in [5.74, 6) is 0.0377. The third kappa shape index (κ3) is 7.06. The average Bonchev–Trinajstić information content (AvgIpc) is 2.85. The summed E-state index contributed by atoms with van der Waals surface area (Å²) in [6, 6.07) is 6.85. The van der Waals surface area contributed by atoms with Crippen molar-refractivity contribution in [2.24, 2.45) is 5.10 Å². The maximum absolute atomic E-state index is 12.4. The summed E-state index contributed by atoms with van der Waals surface area (Å²) in [4.78, 5) is 24.4. The fourth-order valence-electron chi connectivity index (χ4n) is 3.48. The van der Waals surface area contributed by atoms with Crippen molar-refractivity contribution in [2.45, 2.75) is 26.1 Å². The van der Waals surface area contributed by atoms with Crippen LogP contribution in [0.25, 0.3) is 0 Å². The number of rotatable bonds is 10. The lowest BCUT2D eigenvalue weighted by atomic mass is 9.95. The van der Waals surface area contributed by atoms with Gasteiger partial charge in [-0.2, -0.15) is 5.10 Å². The minimum Gasteiger partial charge on any atom is -0.505 e. The number of aliphatic hydroxyl groups excluding tert-OH is 1. The SMILES string of the molecule is CCOc1cc([C@H]2NC(=O)NC(C)=C2C(=O)OC)ccc1OC[C@@H](O)N/N=C\c1cc(Cl)c(O)c(Br)c1. The number of phenolic OH excluding ortho intramolecular Hbond substituents is 1. The Hall–Kier alpha value is -3.48. The van der Waals surface area contributed by atoms with Gasteiger partial charge in [0.1, 0.15) is 12.4 Å². The van der Waals surface area contributed by atoms with Crippen molar-refractivity contribution < 1.29 is 34.0 Å². The Morgan fingerprint density at radius 3 is 2.73 bits per heavy atom. The number of methoxy groups -OCH3 is 1. The number of ether oxygens (including phenoxy) is 3. The Morgan fingerprint density at radius 2 is 2.05 bits per heavy atom. The predicted molar refractivity (Wildman–Crippen MR) is 140 cm³/mol. The Labute approximate surface area is 226 Å². The molecule has 2 atom stereocenters. The predicted octanol–water partition coefficient (Wildman–Crippen LogP) is 3.33. The second kappa shape index (κ2) is 12.7. The van der Waals surface area contributed by atoms with Crippen LogP contribution in [0.1, 0.15) is 31.0 Å². The number of carbonyl (C=O) groups is 2. The Bertz CT molecular complexity index is 1210. The molecule has 2 aromatic rings. The zero-order valence-corrected chi connectivity index (χ0v) is 22.5. The molecule has 0 saturated carbocycles. The van der Waals surface area contributed by atoms with Crippen LogP contribution in [0.5, 0.6) is 17.2 Å². The normalized spacial score (nSPS) is 16.2. The fraction of sp³-hybridized carbons (Fsp3) is 0.292. The average molecular weight is 598 g/mol. The molecule has 37 heavy (non-hydrogen) atoms. The van der Waals surface area contributed by atoms with E-state index in [1.807, 2.05) is 0 Å². The van der Waals surface area contributed by atoms with Crippen LogP contribution in [0.15, 0.2) is 51.2 Å². The van der Waals surface area contributed by atoms with E-state index in [1.165, 1.54) is 19.4 Å². The number of hydrazone groups is 1. The van der Waals surface area contributed by atoms with Crippen LogP contribution in [0, 0.1) is 0 Å². The molecule has 0 spiro atoms. The van der Waals surface area contributed by atoms with Crippen LogP contribution in [-0.2, 0) is 9.53 Å². The lowest BCUT2D eigenvalue weighted by Crippen LogP contribution is -2.45. The van der Waals surface area contributed by atoms with Gasteiger partial charge in [0.05, 0.1) is 41.0 Å². The first-order valence-electron chi connectivity index (χ1n) is 11.0. The molecule has 11 nitrogen and oxygen atoms in total. The fourth-order valence-corrected chi connectivity index (χ4v) is 4.30. The molecule has 0 bridgehead atoms. The summed E-state index contributed by atoms with van der Waals surface area (Å²) in [5, 5.41) is 29.3. The van der Waals surface area contributed by atoms with E-state index in [0.29, 0.717) is 39.4 Å². The number of nitrogens with zero attached hydrogens (tertiary/aromatic N) is 1. The largest absolute Gasteiger partial charge is 0.505 e. The van der Waals surface area contributed by atoms with Gasteiger partial charge in [0, 0.05) is 5.70 Å². The molecule has 0 aromatic heterocycles. The highest BCUT2D eigenvalue weighted by molar-refractivity contribution is 9.10. The quantitative estimate of drug-likeness (QED) is 0.121. The Balaban J connectivity index is 1.71.